The van der Waals surface area contributed by atoms with Crippen molar-refractivity contribution in [2.24, 2.45) is 5.92 Å². The molecule has 2 rings (SSSR count). The molecule has 1 aliphatic heterocycles. The number of benzene rings is 1. The largest absolute Gasteiger partial charge is 0.468 e. The molecule has 2 atom stereocenters. The van der Waals surface area contributed by atoms with Crippen LogP contribution in [-0.2, 0) is 19.1 Å². The molecule has 1 aromatic carbocycles. The molecule has 0 aromatic heterocycles. The number of esters is 1. The summed E-state index contributed by atoms with van der Waals surface area (Å²) < 4.78 is 10.1. The minimum Gasteiger partial charge on any atom is -0.468 e. The van der Waals surface area contributed by atoms with E-state index in [1.807, 2.05) is 30.3 Å². The Hall–Kier alpha value is -1.68. The Morgan fingerprint density at radius 1 is 1.35 bits per heavy atom. The summed E-state index contributed by atoms with van der Waals surface area (Å²) in [6.45, 7) is 0.102. The Morgan fingerprint density at radius 3 is 2.65 bits per heavy atom. The van der Waals surface area contributed by atoms with Crippen LogP contribution >= 0.6 is 0 Å². The molecule has 4 heteroatoms. The number of carbonyl (C=O) groups excluding carboxylic acids is 2. The van der Waals surface area contributed by atoms with Crippen molar-refractivity contribution < 1.29 is 19.1 Å². The fourth-order valence-corrected chi connectivity index (χ4v) is 1.91. The molecule has 1 fully saturated rings. The molecular weight excluding hydrogens is 220 g/mol. The van der Waals surface area contributed by atoms with Crippen molar-refractivity contribution in [1.82, 2.24) is 0 Å². The average molecular weight is 234 g/mol. The maximum absolute atomic E-state index is 11.8. The Labute approximate surface area is 99.5 Å². The molecule has 0 aliphatic carbocycles. The van der Waals surface area contributed by atoms with E-state index in [0.717, 1.165) is 5.56 Å². The summed E-state index contributed by atoms with van der Waals surface area (Å²) >= 11 is 0. The van der Waals surface area contributed by atoms with E-state index in [1.165, 1.54) is 7.11 Å². The summed E-state index contributed by atoms with van der Waals surface area (Å²) in [5, 5.41) is 0. The number of hydrogen-bond acceptors (Lipinski definition) is 4. The van der Waals surface area contributed by atoms with Gasteiger partial charge in [0.1, 0.15) is 5.92 Å². The fourth-order valence-electron chi connectivity index (χ4n) is 1.91. The van der Waals surface area contributed by atoms with Gasteiger partial charge < -0.3 is 9.47 Å². The van der Waals surface area contributed by atoms with Crippen LogP contribution in [0.2, 0.25) is 0 Å². The van der Waals surface area contributed by atoms with Gasteiger partial charge in [-0.15, -0.1) is 0 Å². The minimum atomic E-state index is -0.764. The number of ether oxygens (including phenoxy) is 2. The van der Waals surface area contributed by atoms with Crippen LogP contribution in [0.3, 0.4) is 0 Å². The normalized spacial score (nSPS) is 24.4. The third-order valence-corrected chi connectivity index (χ3v) is 2.90. The molecule has 0 bridgehead atoms. The average Bonchev–Trinajstić information content (AvgIpc) is 2.39. The minimum absolute atomic E-state index is 0.102. The van der Waals surface area contributed by atoms with Crippen molar-refractivity contribution in [3.63, 3.8) is 0 Å². The molecule has 1 aromatic rings. The molecule has 0 saturated carbocycles. The first-order valence-electron chi connectivity index (χ1n) is 5.49. The highest BCUT2D eigenvalue weighted by Gasteiger charge is 2.35. The molecule has 4 nitrogen and oxygen atoms in total. The molecule has 1 aliphatic rings. The first-order valence-corrected chi connectivity index (χ1v) is 5.49. The topological polar surface area (TPSA) is 52.6 Å². The smallest absolute Gasteiger partial charge is 0.318 e. The number of hydrogen-bond donors (Lipinski definition) is 0. The van der Waals surface area contributed by atoms with E-state index in [0.29, 0.717) is 0 Å². The molecule has 90 valence electrons. The van der Waals surface area contributed by atoms with Crippen LogP contribution in [0.5, 0.6) is 0 Å². The van der Waals surface area contributed by atoms with Gasteiger partial charge in [0, 0.05) is 6.42 Å². The predicted octanol–water partition coefficient (Wildman–Crippen LogP) is 1.51. The van der Waals surface area contributed by atoms with Crippen LogP contribution in [0.15, 0.2) is 30.3 Å². The van der Waals surface area contributed by atoms with E-state index in [1.54, 1.807) is 0 Å². The van der Waals surface area contributed by atoms with Gasteiger partial charge >= 0.3 is 5.97 Å². The van der Waals surface area contributed by atoms with Crippen molar-refractivity contribution in [2.45, 2.75) is 12.5 Å². The van der Waals surface area contributed by atoms with Crippen molar-refractivity contribution in [1.29, 1.82) is 0 Å². The van der Waals surface area contributed by atoms with Gasteiger partial charge in [-0.1, -0.05) is 30.3 Å². The number of ketones is 1. The maximum Gasteiger partial charge on any atom is 0.318 e. The van der Waals surface area contributed by atoms with E-state index in [9.17, 15) is 9.59 Å². The van der Waals surface area contributed by atoms with Gasteiger partial charge in [0.2, 0.25) is 0 Å². The number of carbonyl (C=O) groups is 2. The van der Waals surface area contributed by atoms with Crippen molar-refractivity contribution >= 4 is 11.8 Å². The van der Waals surface area contributed by atoms with Crippen molar-refractivity contribution in [3.8, 4) is 0 Å². The molecule has 1 saturated heterocycles. The third-order valence-electron chi connectivity index (χ3n) is 2.90. The molecule has 0 radical (unpaired) electrons. The zero-order valence-corrected chi connectivity index (χ0v) is 9.59. The summed E-state index contributed by atoms with van der Waals surface area (Å²) in [6.07, 6.45) is -0.0198. The molecule has 17 heavy (non-hydrogen) atoms. The molecule has 2 unspecified atom stereocenters. The first-order chi connectivity index (χ1) is 8.22. The van der Waals surface area contributed by atoms with Crippen LogP contribution < -0.4 is 0 Å². The van der Waals surface area contributed by atoms with Crippen LogP contribution in [0.25, 0.3) is 0 Å². The third kappa shape index (κ3) is 2.53. The molecule has 0 amide bonds. The van der Waals surface area contributed by atoms with Gasteiger partial charge in [0.25, 0.3) is 0 Å². The van der Waals surface area contributed by atoms with Crippen LogP contribution in [0, 0.1) is 5.92 Å². The summed E-state index contributed by atoms with van der Waals surface area (Å²) in [5.74, 6) is -1.39. The Balaban J connectivity index is 2.05. The Bertz CT molecular complexity index is 413. The molecule has 1 heterocycles. The Morgan fingerprint density at radius 2 is 2.06 bits per heavy atom. The van der Waals surface area contributed by atoms with Crippen LogP contribution in [-0.4, -0.2) is 25.5 Å². The maximum atomic E-state index is 11.8. The number of rotatable bonds is 2. The van der Waals surface area contributed by atoms with E-state index in [2.05, 4.69) is 4.74 Å². The Kier molecular flexibility index (Phi) is 3.54. The van der Waals surface area contributed by atoms with E-state index < -0.39 is 11.9 Å². The second-order valence-corrected chi connectivity index (χ2v) is 3.98. The summed E-state index contributed by atoms with van der Waals surface area (Å²) in [5.41, 5.74) is 0.962. The number of methoxy groups -OCH3 is 1. The van der Waals surface area contributed by atoms with Gasteiger partial charge in [0.15, 0.2) is 5.78 Å². The van der Waals surface area contributed by atoms with Gasteiger partial charge in [-0.05, 0) is 5.56 Å². The lowest BCUT2D eigenvalue weighted by atomic mass is 9.93. The van der Waals surface area contributed by atoms with Crippen molar-refractivity contribution in [2.75, 3.05) is 13.7 Å². The molecule has 0 N–H and O–H groups in total. The van der Waals surface area contributed by atoms with Crippen molar-refractivity contribution in [3.05, 3.63) is 35.9 Å². The van der Waals surface area contributed by atoms with Gasteiger partial charge in [-0.25, -0.2) is 0 Å². The molecule has 0 spiro atoms. The monoisotopic (exact) mass is 234 g/mol. The lowest BCUT2D eigenvalue weighted by Gasteiger charge is -2.26. The highest BCUT2D eigenvalue weighted by Crippen LogP contribution is 2.28. The number of Topliss-reactive ketones (excluding diaryl/α,β-unsaturated/α-hetero) is 1. The zero-order valence-electron chi connectivity index (χ0n) is 9.59. The highest BCUT2D eigenvalue weighted by molar-refractivity contribution is 5.99. The van der Waals surface area contributed by atoms with Crippen LogP contribution in [0.1, 0.15) is 18.1 Å². The summed E-state index contributed by atoms with van der Waals surface area (Å²) in [6, 6.07) is 9.53. The van der Waals surface area contributed by atoms with Gasteiger partial charge in [-0.3, -0.25) is 9.59 Å². The summed E-state index contributed by atoms with van der Waals surface area (Å²) in [4.78, 5) is 23.1. The SMILES string of the molecule is COC(=O)C1COC(c2ccccc2)CC1=O. The van der Waals surface area contributed by atoms with E-state index in [4.69, 9.17) is 4.74 Å². The zero-order chi connectivity index (χ0) is 12.3. The standard InChI is InChI=1S/C13H14O4/c1-16-13(15)10-8-17-12(7-11(10)14)9-5-3-2-4-6-9/h2-6,10,12H,7-8H2,1H3. The second kappa shape index (κ2) is 5.10. The van der Waals surface area contributed by atoms with E-state index in [-0.39, 0.29) is 24.9 Å². The summed E-state index contributed by atoms with van der Waals surface area (Å²) in [7, 11) is 1.28. The first kappa shape index (κ1) is 11.8. The predicted molar refractivity (Wildman–Crippen MR) is 60.3 cm³/mol. The molecular formula is C13H14O4. The quantitative estimate of drug-likeness (QED) is 0.575. The lowest BCUT2D eigenvalue weighted by molar-refractivity contribution is -0.158. The van der Waals surface area contributed by atoms with E-state index >= 15 is 0 Å². The highest BCUT2D eigenvalue weighted by atomic mass is 16.5. The van der Waals surface area contributed by atoms with Gasteiger partial charge in [-0.2, -0.15) is 0 Å². The van der Waals surface area contributed by atoms with Gasteiger partial charge in [0.05, 0.1) is 19.8 Å². The lowest BCUT2D eigenvalue weighted by Crippen LogP contribution is -2.36. The fraction of sp³-hybridized carbons (Fsp3) is 0.385. The second-order valence-electron chi connectivity index (χ2n) is 3.98. The van der Waals surface area contributed by atoms with Crippen LogP contribution in [0.4, 0.5) is 0 Å².